The zero-order valence-electron chi connectivity index (χ0n) is 12.4. The Kier molecular flexibility index (Phi) is 3.85. The zero-order chi connectivity index (χ0) is 16.5. The van der Waals surface area contributed by atoms with Gasteiger partial charge in [0.15, 0.2) is 5.54 Å². The van der Waals surface area contributed by atoms with Crippen LogP contribution in [0, 0.1) is 0 Å². The fourth-order valence-electron chi connectivity index (χ4n) is 1.72. The summed E-state index contributed by atoms with van der Waals surface area (Å²) in [7, 11) is 1.55. The lowest BCUT2D eigenvalue weighted by Gasteiger charge is -2.19. The van der Waals surface area contributed by atoms with Crippen LogP contribution in [0.4, 0.5) is 5.69 Å². The zero-order valence-corrected chi connectivity index (χ0v) is 12.4. The average Bonchev–Trinajstić information content (AvgIpc) is 2.90. The number of aliphatic carboxylic acids is 1. The molecule has 0 atom stereocenters. The monoisotopic (exact) mass is 304 g/mol. The van der Waals surface area contributed by atoms with Crippen molar-refractivity contribution in [1.29, 1.82) is 0 Å². The first-order valence-electron chi connectivity index (χ1n) is 6.48. The number of carbonyl (C=O) groups is 2. The average molecular weight is 304 g/mol. The maximum atomic E-state index is 12.1. The lowest BCUT2D eigenvalue weighted by Crippen LogP contribution is -2.35. The first kappa shape index (κ1) is 15.5. The molecule has 0 aliphatic heterocycles. The van der Waals surface area contributed by atoms with Crippen molar-refractivity contribution in [1.82, 2.24) is 14.3 Å². The minimum absolute atomic E-state index is 0.215. The highest BCUT2D eigenvalue weighted by Gasteiger charge is 2.30. The van der Waals surface area contributed by atoms with Gasteiger partial charge in [0, 0.05) is 25.5 Å². The van der Waals surface area contributed by atoms with Gasteiger partial charge < -0.3 is 15.0 Å². The third-order valence-electron chi connectivity index (χ3n) is 3.28. The van der Waals surface area contributed by atoms with Gasteiger partial charge in [-0.2, -0.15) is 5.10 Å². The minimum atomic E-state index is -1.22. The quantitative estimate of drug-likeness (QED) is 0.862. The van der Waals surface area contributed by atoms with Gasteiger partial charge in [0.05, 0.1) is 17.4 Å². The minimum Gasteiger partial charge on any atom is -0.479 e. The summed E-state index contributed by atoms with van der Waals surface area (Å²) in [5.41, 5.74) is -0.757. The molecule has 1 amide bonds. The van der Waals surface area contributed by atoms with Gasteiger partial charge in [-0.15, -0.1) is 0 Å². The third-order valence-corrected chi connectivity index (χ3v) is 3.28. The summed E-state index contributed by atoms with van der Waals surface area (Å²) in [5, 5.41) is 15.7. The molecule has 2 aromatic heterocycles. The highest BCUT2D eigenvalue weighted by atomic mass is 16.4. The Morgan fingerprint density at radius 2 is 1.95 bits per heavy atom. The Morgan fingerprint density at radius 3 is 2.55 bits per heavy atom. The Balaban J connectivity index is 2.19. The van der Waals surface area contributed by atoms with Gasteiger partial charge in [-0.3, -0.25) is 14.3 Å². The molecule has 0 radical (unpaired) electrons. The number of aromatic nitrogens is 3. The Hall–Kier alpha value is -2.90. The fourth-order valence-corrected chi connectivity index (χ4v) is 1.72. The molecule has 8 heteroatoms. The molecule has 0 unspecified atom stereocenters. The summed E-state index contributed by atoms with van der Waals surface area (Å²) in [4.78, 5) is 34.5. The Bertz CT molecular complexity index is 788. The molecular formula is C14H16N4O4. The number of hydrogen-bond donors (Lipinski definition) is 2. The van der Waals surface area contributed by atoms with Crippen LogP contribution in [0.25, 0.3) is 0 Å². The van der Waals surface area contributed by atoms with Crippen LogP contribution in [0.15, 0.2) is 35.5 Å². The molecule has 0 saturated heterocycles. The van der Waals surface area contributed by atoms with Crippen molar-refractivity contribution < 1.29 is 14.7 Å². The van der Waals surface area contributed by atoms with E-state index in [0.717, 1.165) is 0 Å². The predicted octanol–water partition coefficient (Wildman–Crippen LogP) is 0.654. The number of amides is 1. The van der Waals surface area contributed by atoms with Gasteiger partial charge in [0.1, 0.15) is 0 Å². The molecule has 0 spiro atoms. The lowest BCUT2D eigenvalue weighted by molar-refractivity contribution is -0.146. The van der Waals surface area contributed by atoms with Crippen LogP contribution >= 0.6 is 0 Å². The first-order chi connectivity index (χ1) is 10.2. The van der Waals surface area contributed by atoms with Crippen LogP contribution < -0.4 is 10.9 Å². The smallest absolute Gasteiger partial charge is 0.331 e. The van der Waals surface area contributed by atoms with Gasteiger partial charge in [0.25, 0.3) is 5.91 Å². The summed E-state index contributed by atoms with van der Waals surface area (Å²) in [6.07, 6.45) is 4.22. The molecular weight excluding hydrogens is 288 g/mol. The number of nitrogens with one attached hydrogen (secondary N) is 1. The molecule has 0 aliphatic carbocycles. The molecule has 0 aromatic carbocycles. The van der Waals surface area contributed by atoms with E-state index in [0.29, 0.717) is 11.3 Å². The third kappa shape index (κ3) is 2.90. The lowest BCUT2D eigenvalue weighted by atomic mass is 10.1. The summed E-state index contributed by atoms with van der Waals surface area (Å²) in [6, 6.07) is 2.72. The second-order valence-corrected chi connectivity index (χ2v) is 5.36. The Morgan fingerprint density at radius 1 is 1.27 bits per heavy atom. The number of carboxylic acids is 1. The van der Waals surface area contributed by atoms with Crippen LogP contribution in [0.2, 0.25) is 0 Å². The highest BCUT2D eigenvalue weighted by Crippen LogP contribution is 2.17. The number of rotatable bonds is 4. The molecule has 2 rings (SSSR count). The van der Waals surface area contributed by atoms with Crippen molar-refractivity contribution in [2.75, 3.05) is 5.32 Å². The van der Waals surface area contributed by atoms with E-state index in [-0.39, 0.29) is 5.56 Å². The van der Waals surface area contributed by atoms with Crippen molar-refractivity contribution >= 4 is 17.6 Å². The fraction of sp³-hybridized carbons (Fsp3) is 0.286. The molecule has 0 aliphatic rings. The van der Waals surface area contributed by atoms with E-state index >= 15 is 0 Å². The van der Waals surface area contributed by atoms with Crippen LogP contribution in [0.3, 0.4) is 0 Å². The Labute approximate surface area is 126 Å². The molecule has 2 heterocycles. The van der Waals surface area contributed by atoms with E-state index in [1.165, 1.54) is 53.8 Å². The van der Waals surface area contributed by atoms with E-state index in [4.69, 9.17) is 5.11 Å². The normalized spacial score (nSPS) is 11.2. The van der Waals surface area contributed by atoms with Crippen LogP contribution in [-0.4, -0.2) is 31.3 Å². The van der Waals surface area contributed by atoms with Crippen LogP contribution in [0.1, 0.15) is 24.2 Å². The van der Waals surface area contributed by atoms with Crippen LogP contribution in [0.5, 0.6) is 0 Å². The molecule has 2 aromatic rings. The van der Waals surface area contributed by atoms with Crippen molar-refractivity contribution in [2.45, 2.75) is 19.4 Å². The molecule has 2 N–H and O–H groups in total. The topological polar surface area (TPSA) is 106 Å². The second kappa shape index (κ2) is 5.47. The number of hydrogen-bond acceptors (Lipinski definition) is 4. The van der Waals surface area contributed by atoms with Crippen molar-refractivity contribution in [3.05, 3.63) is 46.6 Å². The maximum Gasteiger partial charge on any atom is 0.331 e. The molecule has 0 fully saturated rings. The van der Waals surface area contributed by atoms with E-state index in [1.807, 2.05) is 0 Å². The van der Waals surface area contributed by atoms with Crippen molar-refractivity contribution in [3.8, 4) is 0 Å². The summed E-state index contributed by atoms with van der Waals surface area (Å²) in [5.74, 6) is -1.45. The summed E-state index contributed by atoms with van der Waals surface area (Å²) in [6.45, 7) is 3.00. The number of pyridine rings is 1. The summed E-state index contributed by atoms with van der Waals surface area (Å²) < 4.78 is 2.55. The number of aryl methyl sites for hydroxylation is 1. The molecule has 8 nitrogen and oxygen atoms in total. The van der Waals surface area contributed by atoms with Gasteiger partial charge in [0.2, 0.25) is 5.56 Å². The number of anilines is 1. The van der Waals surface area contributed by atoms with Crippen LogP contribution in [-0.2, 0) is 17.4 Å². The van der Waals surface area contributed by atoms with Crippen molar-refractivity contribution in [3.63, 3.8) is 0 Å². The molecule has 0 saturated carbocycles. The van der Waals surface area contributed by atoms with E-state index < -0.39 is 17.4 Å². The number of nitrogens with zero attached hydrogens (tertiary/aromatic N) is 3. The first-order valence-corrected chi connectivity index (χ1v) is 6.48. The number of carbonyl (C=O) groups excluding carboxylic acids is 1. The van der Waals surface area contributed by atoms with Crippen molar-refractivity contribution in [2.24, 2.45) is 7.05 Å². The molecule has 116 valence electrons. The SMILES string of the molecule is Cn1cc(C(=O)Nc2cnn(C(C)(C)C(=O)O)c2)ccc1=O. The van der Waals surface area contributed by atoms with Gasteiger partial charge >= 0.3 is 5.97 Å². The second-order valence-electron chi connectivity index (χ2n) is 5.36. The van der Waals surface area contributed by atoms with Gasteiger partial charge in [-0.05, 0) is 19.9 Å². The maximum absolute atomic E-state index is 12.1. The summed E-state index contributed by atoms with van der Waals surface area (Å²) >= 11 is 0. The van der Waals surface area contributed by atoms with Gasteiger partial charge in [-0.25, -0.2) is 4.79 Å². The van der Waals surface area contributed by atoms with E-state index in [1.54, 1.807) is 7.05 Å². The van der Waals surface area contributed by atoms with Gasteiger partial charge in [-0.1, -0.05) is 0 Å². The molecule has 22 heavy (non-hydrogen) atoms. The highest BCUT2D eigenvalue weighted by molar-refractivity contribution is 6.03. The largest absolute Gasteiger partial charge is 0.479 e. The van der Waals surface area contributed by atoms with E-state index in [2.05, 4.69) is 10.4 Å². The molecule has 0 bridgehead atoms. The predicted molar refractivity (Wildman–Crippen MR) is 78.8 cm³/mol. The number of carboxylic acid groups (broad SMARTS) is 1. The standard InChI is InChI=1S/C14H16N4O4/c1-14(2,13(21)22)18-8-10(6-15-18)16-12(20)9-4-5-11(19)17(3)7-9/h4-8H,1-3H3,(H,16,20)(H,21,22). The van der Waals surface area contributed by atoms with E-state index in [9.17, 15) is 14.4 Å².